The Balaban J connectivity index is 1.37. The Hall–Kier alpha value is -3.00. The number of hydrogen-bond acceptors (Lipinski definition) is 6. The number of nitrogens with zero attached hydrogens (tertiary/aromatic N) is 6. The topological polar surface area (TPSA) is 80.3 Å². The zero-order valence-electron chi connectivity index (χ0n) is 15.3. The minimum Gasteiger partial charge on any atom is -0.340 e. The van der Waals surface area contributed by atoms with Gasteiger partial charge in [0, 0.05) is 56.7 Å². The second-order valence-corrected chi connectivity index (χ2v) is 6.67. The van der Waals surface area contributed by atoms with Gasteiger partial charge in [0.25, 0.3) is 5.91 Å². The standard InChI is InChI=1S/C19H22N6O2/c1-15-21-18(22-27-15)13-23-8-2-9-24(12-11-23)19(26)16-3-5-17(6-4-16)25-10-7-20-14-25/h3-7,10,14H,2,8-9,11-13H2,1H3. The maximum atomic E-state index is 12.9. The first-order chi connectivity index (χ1) is 13.2. The molecule has 0 unspecified atom stereocenters. The average Bonchev–Trinajstić information content (AvgIpc) is 3.30. The molecule has 1 aliphatic rings. The second kappa shape index (κ2) is 7.71. The van der Waals surface area contributed by atoms with E-state index in [4.69, 9.17) is 4.52 Å². The highest BCUT2D eigenvalue weighted by Gasteiger charge is 2.21. The molecule has 1 aliphatic heterocycles. The van der Waals surface area contributed by atoms with Crippen molar-refractivity contribution in [1.82, 2.24) is 29.5 Å². The van der Waals surface area contributed by atoms with Crippen LogP contribution >= 0.6 is 0 Å². The Morgan fingerprint density at radius 1 is 1.15 bits per heavy atom. The summed E-state index contributed by atoms with van der Waals surface area (Å²) in [5.41, 5.74) is 1.70. The predicted molar refractivity (Wildman–Crippen MR) is 98.4 cm³/mol. The van der Waals surface area contributed by atoms with Crippen molar-refractivity contribution in [2.75, 3.05) is 26.2 Å². The van der Waals surface area contributed by atoms with Gasteiger partial charge in [0.15, 0.2) is 5.82 Å². The van der Waals surface area contributed by atoms with E-state index >= 15 is 0 Å². The fourth-order valence-corrected chi connectivity index (χ4v) is 3.31. The Kier molecular flexibility index (Phi) is 4.97. The van der Waals surface area contributed by atoms with Crippen LogP contribution in [0.4, 0.5) is 0 Å². The number of carbonyl (C=O) groups excluding carboxylic acids is 1. The number of rotatable bonds is 4. The Morgan fingerprint density at radius 2 is 2.00 bits per heavy atom. The molecule has 4 rings (SSSR count). The molecule has 1 fully saturated rings. The van der Waals surface area contributed by atoms with Crippen LogP contribution in [0.15, 0.2) is 47.5 Å². The Morgan fingerprint density at radius 3 is 2.70 bits per heavy atom. The van der Waals surface area contributed by atoms with Crippen molar-refractivity contribution in [2.24, 2.45) is 0 Å². The van der Waals surface area contributed by atoms with Gasteiger partial charge in [-0.05, 0) is 30.7 Å². The van der Waals surface area contributed by atoms with Gasteiger partial charge in [-0.3, -0.25) is 9.69 Å². The number of benzene rings is 1. The molecule has 1 amide bonds. The predicted octanol–water partition coefficient (Wildman–Crippen LogP) is 1.91. The first-order valence-electron chi connectivity index (χ1n) is 9.08. The minimum absolute atomic E-state index is 0.0736. The van der Waals surface area contributed by atoms with Crippen LogP contribution < -0.4 is 0 Å². The Bertz CT molecular complexity index is 887. The minimum atomic E-state index is 0.0736. The summed E-state index contributed by atoms with van der Waals surface area (Å²) in [6.07, 6.45) is 6.28. The molecule has 0 atom stereocenters. The quantitative estimate of drug-likeness (QED) is 0.702. The van der Waals surface area contributed by atoms with E-state index in [1.54, 1.807) is 19.4 Å². The number of hydrogen-bond donors (Lipinski definition) is 0. The molecular formula is C19H22N6O2. The van der Waals surface area contributed by atoms with Crippen molar-refractivity contribution < 1.29 is 9.32 Å². The summed E-state index contributed by atoms with van der Waals surface area (Å²) in [6.45, 7) is 5.60. The molecule has 140 valence electrons. The molecule has 8 heteroatoms. The van der Waals surface area contributed by atoms with Crippen LogP contribution in [0.1, 0.15) is 28.5 Å². The fourth-order valence-electron chi connectivity index (χ4n) is 3.31. The maximum absolute atomic E-state index is 12.9. The van der Waals surface area contributed by atoms with Gasteiger partial charge in [0.2, 0.25) is 5.89 Å². The van der Waals surface area contributed by atoms with E-state index in [0.717, 1.165) is 31.7 Å². The summed E-state index contributed by atoms with van der Waals surface area (Å²) in [6, 6.07) is 7.64. The number of imidazole rings is 1. The Labute approximate surface area is 157 Å². The molecular weight excluding hydrogens is 344 g/mol. The van der Waals surface area contributed by atoms with Crippen LogP contribution in [-0.2, 0) is 6.54 Å². The van der Waals surface area contributed by atoms with Crippen molar-refractivity contribution in [3.05, 3.63) is 60.3 Å². The third-order valence-electron chi connectivity index (χ3n) is 4.73. The molecule has 0 bridgehead atoms. The van der Waals surface area contributed by atoms with Gasteiger partial charge < -0.3 is 14.0 Å². The summed E-state index contributed by atoms with van der Waals surface area (Å²) < 4.78 is 6.95. The highest BCUT2D eigenvalue weighted by molar-refractivity contribution is 5.94. The van der Waals surface area contributed by atoms with E-state index < -0.39 is 0 Å². The lowest BCUT2D eigenvalue weighted by atomic mass is 10.1. The maximum Gasteiger partial charge on any atom is 0.253 e. The summed E-state index contributed by atoms with van der Waals surface area (Å²) in [5, 5.41) is 3.96. The van der Waals surface area contributed by atoms with E-state index in [-0.39, 0.29) is 5.91 Å². The third-order valence-corrected chi connectivity index (χ3v) is 4.73. The molecule has 2 aromatic heterocycles. The van der Waals surface area contributed by atoms with Gasteiger partial charge in [-0.2, -0.15) is 4.98 Å². The van der Waals surface area contributed by atoms with Crippen LogP contribution in [0, 0.1) is 6.92 Å². The van der Waals surface area contributed by atoms with Crippen LogP contribution in [0.3, 0.4) is 0 Å². The lowest BCUT2D eigenvalue weighted by Crippen LogP contribution is -2.35. The molecule has 27 heavy (non-hydrogen) atoms. The molecule has 0 N–H and O–H groups in total. The van der Waals surface area contributed by atoms with E-state index in [0.29, 0.717) is 30.4 Å². The van der Waals surface area contributed by atoms with Crippen molar-refractivity contribution >= 4 is 5.91 Å². The smallest absolute Gasteiger partial charge is 0.253 e. The van der Waals surface area contributed by atoms with Gasteiger partial charge in [-0.1, -0.05) is 5.16 Å². The van der Waals surface area contributed by atoms with Crippen molar-refractivity contribution in [2.45, 2.75) is 19.9 Å². The SMILES string of the molecule is Cc1nc(CN2CCCN(C(=O)c3ccc(-n4ccnc4)cc3)CC2)no1. The van der Waals surface area contributed by atoms with Crippen molar-refractivity contribution in [1.29, 1.82) is 0 Å². The molecule has 0 aliphatic carbocycles. The molecule has 0 saturated carbocycles. The fraction of sp³-hybridized carbons (Fsp3) is 0.368. The molecule has 3 heterocycles. The molecule has 0 spiro atoms. The lowest BCUT2D eigenvalue weighted by Gasteiger charge is -2.21. The molecule has 1 saturated heterocycles. The van der Waals surface area contributed by atoms with Gasteiger partial charge in [0.05, 0.1) is 12.9 Å². The number of carbonyl (C=O) groups is 1. The van der Waals surface area contributed by atoms with Crippen LogP contribution in [0.5, 0.6) is 0 Å². The van der Waals surface area contributed by atoms with E-state index in [1.165, 1.54) is 0 Å². The highest BCUT2D eigenvalue weighted by Crippen LogP contribution is 2.14. The number of amides is 1. The molecule has 1 aromatic carbocycles. The third kappa shape index (κ3) is 4.06. The van der Waals surface area contributed by atoms with Gasteiger partial charge >= 0.3 is 0 Å². The summed E-state index contributed by atoms with van der Waals surface area (Å²) in [4.78, 5) is 25.4. The summed E-state index contributed by atoms with van der Waals surface area (Å²) in [5.74, 6) is 1.35. The first-order valence-corrected chi connectivity index (χ1v) is 9.08. The number of aromatic nitrogens is 4. The zero-order valence-corrected chi connectivity index (χ0v) is 15.3. The number of aryl methyl sites for hydroxylation is 1. The van der Waals surface area contributed by atoms with Gasteiger partial charge in [-0.25, -0.2) is 4.98 Å². The molecule has 0 radical (unpaired) electrons. The van der Waals surface area contributed by atoms with E-state index in [2.05, 4.69) is 20.0 Å². The molecule has 8 nitrogen and oxygen atoms in total. The summed E-state index contributed by atoms with van der Waals surface area (Å²) >= 11 is 0. The van der Waals surface area contributed by atoms with Crippen molar-refractivity contribution in [3.8, 4) is 5.69 Å². The lowest BCUT2D eigenvalue weighted by molar-refractivity contribution is 0.0761. The average molecular weight is 366 g/mol. The first kappa shape index (κ1) is 17.4. The van der Waals surface area contributed by atoms with E-state index in [9.17, 15) is 4.79 Å². The zero-order chi connectivity index (χ0) is 18.6. The largest absolute Gasteiger partial charge is 0.340 e. The monoisotopic (exact) mass is 366 g/mol. The van der Waals surface area contributed by atoms with Crippen molar-refractivity contribution in [3.63, 3.8) is 0 Å². The van der Waals surface area contributed by atoms with Gasteiger partial charge in [-0.15, -0.1) is 0 Å². The van der Waals surface area contributed by atoms with Crippen LogP contribution in [-0.4, -0.2) is 61.6 Å². The van der Waals surface area contributed by atoms with Crippen LogP contribution in [0.2, 0.25) is 0 Å². The van der Waals surface area contributed by atoms with Crippen LogP contribution in [0.25, 0.3) is 5.69 Å². The normalized spacial score (nSPS) is 15.7. The second-order valence-electron chi connectivity index (χ2n) is 6.67. The molecule has 3 aromatic rings. The highest BCUT2D eigenvalue weighted by atomic mass is 16.5. The summed E-state index contributed by atoms with van der Waals surface area (Å²) in [7, 11) is 0. The van der Waals surface area contributed by atoms with E-state index in [1.807, 2.05) is 39.9 Å². The van der Waals surface area contributed by atoms with Gasteiger partial charge in [0.1, 0.15) is 0 Å².